The predicted molar refractivity (Wildman–Crippen MR) is 116 cm³/mol. The SMILES string of the molecule is O=C([O-])CCCCCCCSc1ncc(-c2ccccc2)c(-c2ccccc2)n1.[Na+]. The number of carbonyl (C=O) groups excluding carboxylic acids is 1. The first-order chi connectivity index (χ1) is 14.2. The number of carboxylic acid groups (broad SMARTS) is 1. The van der Waals surface area contributed by atoms with Crippen molar-refractivity contribution in [1.82, 2.24) is 9.97 Å². The molecule has 0 amide bonds. The fourth-order valence-corrected chi connectivity index (χ4v) is 3.96. The third kappa shape index (κ3) is 7.88. The zero-order chi connectivity index (χ0) is 20.3. The van der Waals surface area contributed by atoms with Gasteiger partial charge in [-0.3, -0.25) is 0 Å². The summed E-state index contributed by atoms with van der Waals surface area (Å²) < 4.78 is 0. The molecule has 3 aromatic rings. The maximum absolute atomic E-state index is 10.4. The fourth-order valence-electron chi connectivity index (χ4n) is 3.15. The van der Waals surface area contributed by atoms with Gasteiger partial charge in [-0.1, -0.05) is 91.7 Å². The molecule has 2 aromatic carbocycles. The maximum atomic E-state index is 10.4. The van der Waals surface area contributed by atoms with Crippen LogP contribution in [0.15, 0.2) is 72.0 Å². The van der Waals surface area contributed by atoms with Gasteiger partial charge in [0.15, 0.2) is 5.16 Å². The summed E-state index contributed by atoms with van der Waals surface area (Å²) in [4.78, 5) is 19.9. The molecule has 0 bridgehead atoms. The van der Waals surface area contributed by atoms with Crippen LogP contribution in [0.2, 0.25) is 0 Å². The number of thioether (sulfide) groups is 1. The van der Waals surface area contributed by atoms with Gasteiger partial charge in [0, 0.05) is 29.0 Å². The largest absolute Gasteiger partial charge is 1.00 e. The van der Waals surface area contributed by atoms with E-state index in [4.69, 9.17) is 4.98 Å². The maximum Gasteiger partial charge on any atom is 1.00 e. The number of aliphatic carboxylic acids is 1. The second-order valence-corrected chi connectivity index (χ2v) is 7.95. The minimum atomic E-state index is -0.953. The number of rotatable bonds is 11. The van der Waals surface area contributed by atoms with E-state index in [-0.39, 0.29) is 36.0 Å². The Bertz CT molecular complexity index is 908. The van der Waals surface area contributed by atoms with Crippen molar-refractivity contribution >= 4 is 17.7 Å². The van der Waals surface area contributed by atoms with Crippen molar-refractivity contribution in [1.29, 1.82) is 0 Å². The monoisotopic (exact) mass is 428 g/mol. The van der Waals surface area contributed by atoms with Crippen LogP contribution < -0.4 is 34.7 Å². The number of carbonyl (C=O) groups is 1. The molecule has 4 nitrogen and oxygen atoms in total. The van der Waals surface area contributed by atoms with E-state index in [1.165, 1.54) is 0 Å². The number of unbranched alkanes of at least 4 members (excludes halogenated alkanes) is 4. The van der Waals surface area contributed by atoms with Crippen molar-refractivity contribution in [2.24, 2.45) is 0 Å². The molecule has 0 unspecified atom stereocenters. The van der Waals surface area contributed by atoms with E-state index >= 15 is 0 Å². The molecule has 1 heterocycles. The summed E-state index contributed by atoms with van der Waals surface area (Å²) in [5.41, 5.74) is 4.19. The zero-order valence-electron chi connectivity index (χ0n) is 17.4. The summed E-state index contributed by atoms with van der Waals surface area (Å²) >= 11 is 1.68. The second kappa shape index (κ2) is 13.6. The molecule has 150 valence electrons. The van der Waals surface area contributed by atoms with Gasteiger partial charge in [0.05, 0.1) is 5.69 Å². The predicted octanol–water partition coefficient (Wildman–Crippen LogP) is 2.00. The van der Waals surface area contributed by atoms with Crippen molar-refractivity contribution in [3.63, 3.8) is 0 Å². The third-order valence-electron chi connectivity index (χ3n) is 4.66. The summed E-state index contributed by atoms with van der Waals surface area (Å²) in [6.45, 7) is 0. The van der Waals surface area contributed by atoms with Gasteiger partial charge in [0.1, 0.15) is 0 Å². The number of aromatic nitrogens is 2. The van der Waals surface area contributed by atoms with E-state index in [1.54, 1.807) is 11.8 Å². The first-order valence-corrected chi connectivity index (χ1v) is 11.0. The van der Waals surface area contributed by atoms with E-state index in [1.807, 2.05) is 42.6 Å². The molecule has 0 saturated heterocycles. The molecule has 0 N–H and O–H groups in total. The molecule has 0 aliphatic rings. The minimum absolute atomic E-state index is 0. The number of carboxylic acids is 1. The molecule has 0 spiro atoms. The van der Waals surface area contributed by atoms with Gasteiger partial charge in [0.2, 0.25) is 0 Å². The number of nitrogens with zero attached hydrogens (tertiary/aromatic N) is 2. The summed E-state index contributed by atoms with van der Waals surface area (Å²) in [5.74, 6) is 0.00484. The van der Waals surface area contributed by atoms with Crippen LogP contribution in [0.3, 0.4) is 0 Å². The van der Waals surface area contributed by atoms with E-state index in [0.717, 1.165) is 59.0 Å². The van der Waals surface area contributed by atoms with E-state index < -0.39 is 5.97 Å². The van der Waals surface area contributed by atoms with Gasteiger partial charge in [-0.05, 0) is 24.8 Å². The number of hydrogen-bond acceptors (Lipinski definition) is 5. The smallest absolute Gasteiger partial charge is 0.550 e. The van der Waals surface area contributed by atoms with Crippen molar-refractivity contribution in [3.05, 3.63) is 66.9 Å². The van der Waals surface area contributed by atoms with Crippen molar-refractivity contribution < 1.29 is 39.5 Å². The molecule has 0 fully saturated rings. The van der Waals surface area contributed by atoms with Gasteiger partial charge in [0.25, 0.3) is 0 Å². The van der Waals surface area contributed by atoms with Crippen LogP contribution in [-0.4, -0.2) is 21.7 Å². The van der Waals surface area contributed by atoms with Crippen LogP contribution in [-0.2, 0) is 4.79 Å². The first-order valence-electron chi connectivity index (χ1n) is 10.0. The summed E-state index contributed by atoms with van der Waals surface area (Å²) in [6.07, 6.45) is 6.95. The molecule has 1 aromatic heterocycles. The number of hydrogen-bond donors (Lipinski definition) is 0. The quantitative estimate of drug-likeness (QED) is 0.202. The van der Waals surface area contributed by atoms with Crippen molar-refractivity contribution in [2.45, 2.75) is 43.7 Å². The van der Waals surface area contributed by atoms with Crippen molar-refractivity contribution in [2.75, 3.05) is 5.75 Å². The molecule has 0 radical (unpaired) electrons. The van der Waals surface area contributed by atoms with Gasteiger partial charge in [-0.2, -0.15) is 0 Å². The fraction of sp³-hybridized carbons (Fsp3) is 0.292. The molecular formula is C24H25N2NaO2S. The number of benzene rings is 2. The Morgan fingerprint density at radius 1 is 0.833 bits per heavy atom. The van der Waals surface area contributed by atoms with Crippen LogP contribution in [0.1, 0.15) is 38.5 Å². The Labute approximate surface area is 204 Å². The zero-order valence-corrected chi connectivity index (χ0v) is 20.2. The van der Waals surface area contributed by atoms with Crippen LogP contribution in [0.25, 0.3) is 22.4 Å². The minimum Gasteiger partial charge on any atom is -0.550 e. The summed E-state index contributed by atoms with van der Waals surface area (Å²) in [7, 11) is 0. The van der Waals surface area contributed by atoms with Gasteiger partial charge < -0.3 is 9.90 Å². The Kier molecular flexibility index (Phi) is 11.2. The molecule has 0 atom stereocenters. The first kappa shape index (κ1) is 24.6. The molecule has 0 saturated carbocycles. The Hall–Kier alpha value is -1.66. The third-order valence-corrected chi connectivity index (χ3v) is 5.60. The van der Waals surface area contributed by atoms with Crippen LogP contribution in [0.4, 0.5) is 0 Å². The van der Waals surface area contributed by atoms with E-state index in [9.17, 15) is 9.90 Å². The Morgan fingerprint density at radius 2 is 1.43 bits per heavy atom. The summed E-state index contributed by atoms with van der Waals surface area (Å²) in [5, 5.41) is 11.2. The van der Waals surface area contributed by atoms with Gasteiger partial charge in [-0.25, -0.2) is 9.97 Å². The van der Waals surface area contributed by atoms with Crippen molar-refractivity contribution in [3.8, 4) is 22.4 Å². The standard InChI is InChI=1S/C24H26N2O2S.Na/c27-22(28)16-10-2-1-3-11-17-29-24-25-18-21(19-12-6-4-7-13-19)23(26-24)20-14-8-5-9-15-20;/h4-9,12-15,18H,1-3,10-11,16-17H2,(H,27,28);/q;+1/p-1. The molecule has 0 aliphatic heterocycles. The van der Waals surface area contributed by atoms with Crippen LogP contribution in [0, 0.1) is 0 Å². The topological polar surface area (TPSA) is 65.9 Å². The van der Waals surface area contributed by atoms with E-state index in [2.05, 4.69) is 29.2 Å². The van der Waals surface area contributed by atoms with Crippen LogP contribution >= 0.6 is 11.8 Å². The average Bonchev–Trinajstić information content (AvgIpc) is 2.76. The molecule has 0 aliphatic carbocycles. The molecular weight excluding hydrogens is 403 g/mol. The molecule has 30 heavy (non-hydrogen) atoms. The Balaban J connectivity index is 0.00000320. The average molecular weight is 429 g/mol. The van der Waals surface area contributed by atoms with Gasteiger partial charge >= 0.3 is 29.6 Å². The van der Waals surface area contributed by atoms with Gasteiger partial charge in [-0.15, -0.1) is 0 Å². The van der Waals surface area contributed by atoms with E-state index in [0.29, 0.717) is 6.42 Å². The summed E-state index contributed by atoms with van der Waals surface area (Å²) in [6, 6.07) is 20.5. The normalized spacial score (nSPS) is 10.4. The Morgan fingerprint density at radius 3 is 2.10 bits per heavy atom. The molecule has 3 rings (SSSR count). The van der Waals surface area contributed by atoms with Crippen LogP contribution in [0.5, 0.6) is 0 Å². The molecule has 6 heteroatoms. The second-order valence-electron chi connectivity index (χ2n) is 6.89.